The lowest BCUT2D eigenvalue weighted by atomic mass is 10.1. The molecule has 0 aliphatic heterocycles. The van der Waals surface area contributed by atoms with Crippen molar-refractivity contribution in [2.75, 3.05) is 34.9 Å². The molecule has 16 heavy (non-hydrogen) atoms. The Bertz CT molecular complexity index is 340. The van der Waals surface area contributed by atoms with Crippen LogP contribution in [0.15, 0.2) is 18.2 Å². The third kappa shape index (κ3) is 3.12. The fraction of sp³-hybridized carbons (Fsp3) is 0.500. The molecule has 0 saturated heterocycles. The van der Waals surface area contributed by atoms with Crippen LogP contribution in [0.1, 0.15) is 11.6 Å². The number of hydrogen-bond donors (Lipinski definition) is 1. The third-order valence-corrected chi connectivity index (χ3v) is 2.40. The SMILES string of the molecule is COc1ccc([C@@H](N)CN(C)C)cc1OC. The number of hydrogen-bond acceptors (Lipinski definition) is 4. The summed E-state index contributed by atoms with van der Waals surface area (Å²) in [7, 11) is 7.25. The lowest BCUT2D eigenvalue weighted by molar-refractivity contribution is 0.351. The van der Waals surface area contributed by atoms with E-state index in [4.69, 9.17) is 15.2 Å². The van der Waals surface area contributed by atoms with E-state index in [9.17, 15) is 0 Å². The lowest BCUT2D eigenvalue weighted by Gasteiger charge is -2.18. The van der Waals surface area contributed by atoms with E-state index in [1.807, 2.05) is 32.3 Å². The normalized spacial score (nSPS) is 12.6. The van der Waals surface area contributed by atoms with Crippen LogP contribution >= 0.6 is 0 Å². The number of likely N-dealkylation sites (N-methyl/N-ethyl adjacent to an activating group) is 1. The van der Waals surface area contributed by atoms with Crippen LogP contribution in [-0.4, -0.2) is 39.8 Å². The van der Waals surface area contributed by atoms with E-state index in [0.29, 0.717) is 5.75 Å². The predicted octanol–water partition coefficient (Wildman–Crippen LogP) is 1.27. The number of nitrogens with zero attached hydrogens (tertiary/aromatic N) is 1. The van der Waals surface area contributed by atoms with Crippen molar-refractivity contribution >= 4 is 0 Å². The molecule has 4 nitrogen and oxygen atoms in total. The summed E-state index contributed by atoms with van der Waals surface area (Å²) in [5.74, 6) is 1.44. The highest BCUT2D eigenvalue weighted by Crippen LogP contribution is 2.29. The van der Waals surface area contributed by atoms with Crippen LogP contribution < -0.4 is 15.2 Å². The average molecular weight is 224 g/mol. The molecule has 0 heterocycles. The molecule has 0 spiro atoms. The van der Waals surface area contributed by atoms with Crippen LogP contribution in [-0.2, 0) is 0 Å². The molecule has 0 amide bonds. The summed E-state index contributed by atoms with van der Waals surface area (Å²) in [4.78, 5) is 2.06. The summed E-state index contributed by atoms with van der Waals surface area (Å²) in [5.41, 5.74) is 7.12. The summed E-state index contributed by atoms with van der Waals surface area (Å²) in [5, 5.41) is 0. The molecule has 0 unspecified atom stereocenters. The summed E-state index contributed by atoms with van der Waals surface area (Å²) in [6.07, 6.45) is 0. The maximum atomic E-state index is 6.07. The minimum absolute atomic E-state index is 0.0187. The Kier molecular flexibility index (Phi) is 4.58. The fourth-order valence-corrected chi connectivity index (χ4v) is 1.58. The second kappa shape index (κ2) is 5.72. The van der Waals surface area contributed by atoms with Crippen molar-refractivity contribution in [1.29, 1.82) is 0 Å². The Morgan fingerprint density at radius 2 is 1.81 bits per heavy atom. The van der Waals surface area contributed by atoms with Crippen LogP contribution in [0.2, 0.25) is 0 Å². The molecule has 0 aromatic heterocycles. The summed E-state index contributed by atoms with van der Waals surface area (Å²) in [6.45, 7) is 0.801. The van der Waals surface area contributed by atoms with Crippen molar-refractivity contribution in [1.82, 2.24) is 4.90 Å². The smallest absolute Gasteiger partial charge is 0.161 e. The second-order valence-electron chi connectivity index (χ2n) is 3.98. The number of benzene rings is 1. The molecule has 1 atom stereocenters. The molecule has 0 aliphatic carbocycles. The molecule has 0 radical (unpaired) electrons. The van der Waals surface area contributed by atoms with Crippen LogP contribution in [0, 0.1) is 0 Å². The summed E-state index contributed by atoms with van der Waals surface area (Å²) in [6, 6.07) is 5.75. The van der Waals surface area contributed by atoms with E-state index in [2.05, 4.69) is 4.90 Å². The van der Waals surface area contributed by atoms with Gasteiger partial charge in [-0.3, -0.25) is 0 Å². The van der Waals surface area contributed by atoms with Crippen LogP contribution in [0.25, 0.3) is 0 Å². The highest BCUT2D eigenvalue weighted by atomic mass is 16.5. The van der Waals surface area contributed by atoms with Gasteiger partial charge in [0.2, 0.25) is 0 Å². The number of ether oxygens (including phenoxy) is 2. The number of nitrogens with two attached hydrogens (primary N) is 1. The Labute approximate surface area is 96.9 Å². The topological polar surface area (TPSA) is 47.7 Å². The Morgan fingerprint density at radius 3 is 2.31 bits per heavy atom. The third-order valence-electron chi connectivity index (χ3n) is 2.40. The fourth-order valence-electron chi connectivity index (χ4n) is 1.58. The van der Waals surface area contributed by atoms with E-state index in [1.165, 1.54) is 0 Å². The average Bonchev–Trinajstić information content (AvgIpc) is 2.27. The van der Waals surface area contributed by atoms with E-state index in [1.54, 1.807) is 14.2 Å². The molecule has 0 saturated carbocycles. The standard InChI is InChI=1S/C12H20N2O2/c1-14(2)8-10(13)9-5-6-11(15-3)12(7-9)16-4/h5-7,10H,8,13H2,1-4H3/t10-/m0/s1. The van der Waals surface area contributed by atoms with Gasteiger partial charge >= 0.3 is 0 Å². The van der Waals surface area contributed by atoms with Gasteiger partial charge in [-0.2, -0.15) is 0 Å². The van der Waals surface area contributed by atoms with Gasteiger partial charge in [-0.1, -0.05) is 6.07 Å². The Balaban J connectivity index is 2.89. The van der Waals surface area contributed by atoms with Gasteiger partial charge in [0, 0.05) is 12.6 Å². The zero-order chi connectivity index (χ0) is 12.1. The van der Waals surface area contributed by atoms with E-state index in [-0.39, 0.29) is 6.04 Å². The van der Waals surface area contributed by atoms with E-state index in [0.717, 1.165) is 17.9 Å². The van der Waals surface area contributed by atoms with Gasteiger partial charge in [-0.05, 0) is 31.8 Å². The maximum absolute atomic E-state index is 6.07. The zero-order valence-electron chi connectivity index (χ0n) is 10.4. The van der Waals surface area contributed by atoms with Crippen molar-refractivity contribution in [3.05, 3.63) is 23.8 Å². The first-order valence-electron chi connectivity index (χ1n) is 5.20. The van der Waals surface area contributed by atoms with Crippen molar-refractivity contribution in [3.8, 4) is 11.5 Å². The molecule has 2 N–H and O–H groups in total. The lowest BCUT2D eigenvalue weighted by Crippen LogP contribution is -2.25. The maximum Gasteiger partial charge on any atom is 0.161 e. The van der Waals surface area contributed by atoms with Gasteiger partial charge in [0.25, 0.3) is 0 Å². The highest BCUT2D eigenvalue weighted by molar-refractivity contribution is 5.43. The molecule has 90 valence electrons. The van der Waals surface area contributed by atoms with Gasteiger partial charge in [-0.15, -0.1) is 0 Å². The predicted molar refractivity (Wildman–Crippen MR) is 65.0 cm³/mol. The summed E-state index contributed by atoms with van der Waals surface area (Å²) < 4.78 is 10.4. The zero-order valence-corrected chi connectivity index (χ0v) is 10.4. The second-order valence-corrected chi connectivity index (χ2v) is 3.98. The number of rotatable bonds is 5. The molecule has 4 heteroatoms. The van der Waals surface area contributed by atoms with Gasteiger partial charge in [0.05, 0.1) is 14.2 Å². The van der Waals surface area contributed by atoms with Gasteiger partial charge < -0.3 is 20.1 Å². The minimum Gasteiger partial charge on any atom is -0.493 e. The minimum atomic E-state index is -0.0187. The van der Waals surface area contributed by atoms with Crippen molar-refractivity contribution in [3.63, 3.8) is 0 Å². The molecule has 1 rings (SSSR count). The Morgan fingerprint density at radius 1 is 1.19 bits per heavy atom. The van der Waals surface area contributed by atoms with Crippen molar-refractivity contribution in [2.45, 2.75) is 6.04 Å². The molecular weight excluding hydrogens is 204 g/mol. The number of methoxy groups -OCH3 is 2. The molecule has 0 bridgehead atoms. The monoisotopic (exact) mass is 224 g/mol. The van der Waals surface area contributed by atoms with Gasteiger partial charge in [-0.25, -0.2) is 0 Å². The first kappa shape index (κ1) is 12.8. The molecule has 0 aliphatic rings. The van der Waals surface area contributed by atoms with Gasteiger partial charge in [0.1, 0.15) is 0 Å². The quantitative estimate of drug-likeness (QED) is 0.818. The first-order chi connectivity index (χ1) is 7.58. The molecule has 1 aromatic rings. The molecule has 0 fully saturated rings. The van der Waals surface area contributed by atoms with Crippen molar-refractivity contribution < 1.29 is 9.47 Å². The van der Waals surface area contributed by atoms with Crippen molar-refractivity contribution in [2.24, 2.45) is 5.73 Å². The van der Waals surface area contributed by atoms with E-state index >= 15 is 0 Å². The Hall–Kier alpha value is -1.26. The summed E-state index contributed by atoms with van der Waals surface area (Å²) >= 11 is 0. The van der Waals surface area contributed by atoms with E-state index < -0.39 is 0 Å². The van der Waals surface area contributed by atoms with Crippen LogP contribution in [0.5, 0.6) is 11.5 Å². The largest absolute Gasteiger partial charge is 0.493 e. The van der Waals surface area contributed by atoms with Gasteiger partial charge in [0.15, 0.2) is 11.5 Å². The van der Waals surface area contributed by atoms with Crippen LogP contribution in [0.4, 0.5) is 0 Å². The highest BCUT2D eigenvalue weighted by Gasteiger charge is 2.11. The molecule has 1 aromatic carbocycles. The van der Waals surface area contributed by atoms with Crippen LogP contribution in [0.3, 0.4) is 0 Å². The first-order valence-corrected chi connectivity index (χ1v) is 5.20. The molecular formula is C12H20N2O2.